The highest BCUT2D eigenvalue weighted by molar-refractivity contribution is 6.05. The molecule has 3 rings (SSSR count). The third-order valence-electron chi connectivity index (χ3n) is 9.90. The van der Waals surface area contributed by atoms with Gasteiger partial charge in [0.05, 0.1) is 46.5 Å². The van der Waals surface area contributed by atoms with Gasteiger partial charge in [0.15, 0.2) is 41.0 Å². The van der Waals surface area contributed by atoms with Crippen LogP contribution in [0.15, 0.2) is 29.4 Å². The lowest BCUT2D eigenvalue weighted by Crippen LogP contribution is -2.59. The van der Waals surface area contributed by atoms with Crippen molar-refractivity contribution in [3.8, 4) is 12.3 Å². The van der Waals surface area contributed by atoms with Gasteiger partial charge in [-0.2, -0.15) is 0 Å². The highest BCUT2D eigenvalue weighted by Gasteiger charge is 2.51. The number of amides is 5. The van der Waals surface area contributed by atoms with Crippen molar-refractivity contribution < 1.29 is 60.7 Å². The van der Waals surface area contributed by atoms with E-state index >= 15 is 0 Å². The molecule has 0 aromatic heterocycles. The number of carbonyl (C=O) groups is 5. The standard InChI is InChI=1S/C40H51F4N9O8/c1-5-20-47-38(57)40(23-60-37(61-24-40)30-31(41)33(43)35(50-52-45)34(44)32(30)42)39(58)48-21-11-10-12-27(53(2,3)4)36(56)46-22-19-25-15-17-26(18-16-25)49-28(54)13-8-6-7-9-14-29(55)51-59/h1,15-18,27,37H,6-14,19-24H2,2-4H3,(H5-,46,47,48,49,51,54,55,56,57,58,59)/p+1/t27-,37?,40?/m1/s1. The van der Waals surface area contributed by atoms with E-state index in [-0.39, 0.29) is 31.3 Å². The lowest BCUT2D eigenvalue weighted by Gasteiger charge is -2.37. The first-order valence-electron chi connectivity index (χ1n) is 19.5. The molecule has 0 aliphatic carbocycles. The fourth-order valence-electron chi connectivity index (χ4n) is 6.45. The van der Waals surface area contributed by atoms with Gasteiger partial charge in [-0.3, -0.25) is 29.2 Å². The van der Waals surface area contributed by atoms with Crippen LogP contribution in [0.4, 0.5) is 28.9 Å². The molecular formula is C40H52F4N9O8+. The molecule has 2 aromatic carbocycles. The Hall–Kier alpha value is -5.78. The largest absolute Gasteiger partial charge is 0.355 e. The maximum atomic E-state index is 14.8. The number of halogens is 4. The summed E-state index contributed by atoms with van der Waals surface area (Å²) in [6, 6.07) is 6.84. The number of anilines is 1. The van der Waals surface area contributed by atoms with Gasteiger partial charge in [0.2, 0.25) is 23.6 Å². The maximum Gasteiger partial charge on any atom is 0.278 e. The summed E-state index contributed by atoms with van der Waals surface area (Å²) in [6.07, 6.45) is 8.42. The number of hydroxylamine groups is 1. The molecule has 0 radical (unpaired) electrons. The lowest BCUT2D eigenvalue weighted by molar-refractivity contribution is -0.886. The predicted octanol–water partition coefficient (Wildman–Crippen LogP) is 4.47. The van der Waals surface area contributed by atoms with E-state index in [1.807, 2.05) is 33.3 Å². The summed E-state index contributed by atoms with van der Waals surface area (Å²) in [4.78, 5) is 65.5. The van der Waals surface area contributed by atoms with E-state index in [0.717, 1.165) is 18.4 Å². The molecule has 2 aromatic rings. The number of terminal acetylenes is 1. The Morgan fingerprint density at radius 1 is 0.869 bits per heavy atom. The Labute approximate surface area is 350 Å². The zero-order chi connectivity index (χ0) is 45.2. The fraction of sp³-hybridized carbons (Fsp3) is 0.525. The van der Waals surface area contributed by atoms with Crippen molar-refractivity contribution in [2.45, 2.75) is 76.5 Å². The number of azide groups is 1. The van der Waals surface area contributed by atoms with Crippen molar-refractivity contribution in [3.63, 3.8) is 0 Å². The summed E-state index contributed by atoms with van der Waals surface area (Å²) in [5.41, 5.74) is 6.68. The zero-order valence-corrected chi connectivity index (χ0v) is 34.3. The summed E-state index contributed by atoms with van der Waals surface area (Å²) in [7, 11) is 5.63. The number of ether oxygens (including phenoxy) is 2. The highest BCUT2D eigenvalue weighted by atomic mass is 19.2. The van der Waals surface area contributed by atoms with Crippen LogP contribution in [0, 0.1) is 41.0 Å². The fourth-order valence-corrected chi connectivity index (χ4v) is 6.45. The Balaban J connectivity index is 1.49. The highest BCUT2D eigenvalue weighted by Crippen LogP contribution is 2.39. The van der Waals surface area contributed by atoms with Crippen LogP contribution >= 0.6 is 0 Å². The Morgan fingerprint density at radius 3 is 2.02 bits per heavy atom. The molecular weight excluding hydrogens is 810 g/mol. The first-order valence-corrected chi connectivity index (χ1v) is 19.5. The van der Waals surface area contributed by atoms with Crippen molar-refractivity contribution in [1.82, 2.24) is 21.4 Å². The van der Waals surface area contributed by atoms with Crippen molar-refractivity contribution in [2.75, 3.05) is 59.3 Å². The summed E-state index contributed by atoms with van der Waals surface area (Å²) >= 11 is 0. The van der Waals surface area contributed by atoms with Gasteiger partial charge in [-0.1, -0.05) is 36.0 Å². The molecule has 1 aliphatic rings. The van der Waals surface area contributed by atoms with Crippen LogP contribution in [0.3, 0.4) is 0 Å². The normalized spacial score (nSPS) is 16.6. The number of rotatable bonds is 23. The van der Waals surface area contributed by atoms with Crippen LogP contribution in [0.2, 0.25) is 0 Å². The molecule has 0 saturated carbocycles. The summed E-state index contributed by atoms with van der Waals surface area (Å²) < 4.78 is 69.4. The number of carbonyl (C=O) groups excluding carboxylic acids is 5. The van der Waals surface area contributed by atoms with Crippen LogP contribution < -0.4 is 26.7 Å². The molecule has 61 heavy (non-hydrogen) atoms. The molecule has 6 N–H and O–H groups in total. The third kappa shape index (κ3) is 14.2. The van der Waals surface area contributed by atoms with E-state index < -0.39 is 83.2 Å². The molecule has 17 nitrogen and oxygen atoms in total. The first kappa shape index (κ1) is 49.6. The third-order valence-corrected chi connectivity index (χ3v) is 9.90. The molecule has 0 bridgehead atoms. The van der Waals surface area contributed by atoms with Gasteiger partial charge in [0.1, 0.15) is 5.69 Å². The second-order valence-electron chi connectivity index (χ2n) is 15.2. The molecule has 1 fully saturated rings. The smallest absolute Gasteiger partial charge is 0.278 e. The van der Waals surface area contributed by atoms with Crippen LogP contribution in [0.5, 0.6) is 0 Å². The van der Waals surface area contributed by atoms with Crippen LogP contribution in [0.25, 0.3) is 10.4 Å². The average molecular weight is 863 g/mol. The number of hydrogen-bond donors (Lipinski definition) is 6. The van der Waals surface area contributed by atoms with Gasteiger partial charge < -0.3 is 35.2 Å². The van der Waals surface area contributed by atoms with E-state index in [1.165, 1.54) is 0 Å². The molecule has 0 unspecified atom stereocenters. The minimum absolute atomic E-state index is 0.0440. The van der Waals surface area contributed by atoms with E-state index in [1.54, 1.807) is 17.6 Å². The lowest BCUT2D eigenvalue weighted by atomic mass is 9.86. The monoisotopic (exact) mass is 862 g/mol. The Bertz CT molecular complexity index is 1930. The number of quaternary nitrogens is 1. The second kappa shape index (κ2) is 23.9. The average Bonchev–Trinajstić information content (AvgIpc) is 3.23. The molecule has 1 atom stereocenters. The first-order chi connectivity index (χ1) is 29.0. The molecule has 1 heterocycles. The van der Waals surface area contributed by atoms with Gasteiger partial charge in [0, 0.05) is 43.0 Å². The van der Waals surface area contributed by atoms with E-state index in [4.69, 9.17) is 26.6 Å². The molecule has 1 saturated heterocycles. The number of hydrogen-bond acceptors (Lipinski definition) is 9. The Morgan fingerprint density at radius 2 is 1.46 bits per heavy atom. The number of benzene rings is 2. The topological polar surface area (TPSA) is 233 Å². The Kier molecular flexibility index (Phi) is 19.4. The van der Waals surface area contributed by atoms with E-state index in [2.05, 4.69) is 37.2 Å². The second-order valence-corrected chi connectivity index (χ2v) is 15.2. The molecule has 5 amide bonds. The minimum atomic E-state index is -2.12. The van der Waals surface area contributed by atoms with Crippen LogP contribution in [-0.4, -0.2) is 99.3 Å². The quantitative estimate of drug-likeness (QED) is 0.00796. The number of likely N-dealkylation sites (N-methyl/N-ethyl adjacent to an activating group) is 1. The molecule has 1 aliphatic heterocycles. The van der Waals surface area contributed by atoms with Gasteiger partial charge >= 0.3 is 0 Å². The van der Waals surface area contributed by atoms with Crippen molar-refractivity contribution in [1.29, 1.82) is 0 Å². The zero-order valence-electron chi connectivity index (χ0n) is 34.3. The maximum absolute atomic E-state index is 14.8. The summed E-state index contributed by atoms with van der Waals surface area (Å²) in [5, 5.41) is 22.0. The predicted molar refractivity (Wildman–Crippen MR) is 212 cm³/mol. The number of nitrogens with one attached hydrogen (secondary N) is 5. The van der Waals surface area contributed by atoms with Crippen molar-refractivity contribution in [3.05, 3.63) is 69.1 Å². The number of nitrogens with zero attached hydrogens (tertiary/aromatic N) is 4. The molecule has 332 valence electrons. The molecule has 21 heteroatoms. The van der Waals surface area contributed by atoms with Crippen LogP contribution in [-0.2, 0) is 39.9 Å². The minimum Gasteiger partial charge on any atom is -0.355 e. The molecule has 0 spiro atoms. The van der Waals surface area contributed by atoms with Gasteiger partial charge in [-0.25, -0.2) is 23.0 Å². The van der Waals surface area contributed by atoms with E-state index in [0.29, 0.717) is 61.7 Å². The van der Waals surface area contributed by atoms with Crippen molar-refractivity contribution >= 4 is 40.9 Å². The van der Waals surface area contributed by atoms with Gasteiger partial charge in [0.25, 0.3) is 5.91 Å². The van der Waals surface area contributed by atoms with Gasteiger partial charge in [-0.15, -0.1) is 6.42 Å². The summed E-state index contributed by atoms with van der Waals surface area (Å²) in [5.74, 6) is -8.28. The SMILES string of the molecule is C#CCNC(=O)C1(C(=O)NCCCC[C@H](C(=O)NCCc2ccc(NC(=O)CCCCCCC(=O)NO)cc2)[N+](C)(C)C)COC(c2c(F)c(F)c(N=[N+]=[N-])c(F)c2F)OC1. The van der Waals surface area contributed by atoms with Crippen molar-refractivity contribution in [2.24, 2.45) is 10.5 Å². The summed E-state index contributed by atoms with van der Waals surface area (Å²) in [6.45, 7) is -1.55. The van der Waals surface area contributed by atoms with Gasteiger partial charge in [-0.05, 0) is 55.3 Å². The number of unbranched alkanes of at least 4 members (excludes halogenated alkanes) is 4. The van der Waals surface area contributed by atoms with Crippen LogP contribution in [0.1, 0.15) is 75.2 Å². The van der Waals surface area contributed by atoms with E-state index in [9.17, 15) is 41.5 Å².